The summed E-state index contributed by atoms with van der Waals surface area (Å²) in [5, 5.41) is 9.97. The van der Waals surface area contributed by atoms with Crippen LogP contribution in [0.4, 0.5) is 4.39 Å². The van der Waals surface area contributed by atoms with E-state index in [4.69, 9.17) is 9.31 Å². The lowest BCUT2D eigenvalue weighted by molar-refractivity contribution is -0.138. The van der Waals surface area contributed by atoms with Crippen molar-refractivity contribution in [2.24, 2.45) is 0 Å². The summed E-state index contributed by atoms with van der Waals surface area (Å²) in [5.74, 6) is -1.24. The van der Waals surface area contributed by atoms with E-state index in [0.29, 0.717) is 5.46 Å². The smallest absolute Gasteiger partial charge is 0.399 e. The molecule has 0 bridgehead atoms. The van der Waals surface area contributed by atoms with Crippen molar-refractivity contribution >= 4 is 18.5 Å². The molecule has 1 fully saturated rings. The van der Waals surface area contributed by atoms with Crippen molar-refractivity contribution in [1.82, 2.24) is 4.90 Å². The van der Waals surface area contributed by atoms with Gasteiger partial charge >= 0.3 is 7.12 Å². The molecule has 1 aliphatic heterocycles. The second kappa shape index (κ2) is 5.89. The summed E-state index contributed by atoms with van der Waals surface area (Å²) in [5.41, 5.74) is -0.598. The second-order valence-electron chi connectivity index (χ2n) is 7.00. The molecule has 7 heteroatoms. The van der Waals surface area contributed by atoms with Crippen molar-refractivity contribution in [2.75, 3.05) is 14.1 Å². The third kappa shape index (κ3) is 3.27. The number of likely N-dealkylation sites (N-methyl/N-ethyl adjacent to an activating group) is 1. The fraction of sp³-hybridized carbons (Fsp3) is 0.562. The van der Waals surface area contributed by atoms with E-state index in [0.717, 1.165) is 0 Å². The van der Waals surface area contributed by atoms with Gasteiger partial charge in [-0.05, 0) is 39.2 Å². The molecule has 0 saturated carbocycles. The maximum absolute atomic E-state index is 14.3. The average Bonchev–Trinajstić information content (AvgIpc) is 2.65. The molecule has 0 aliphatic carbocycles. The zero-order chi connectivity index (χ0) is 17.6. The van der Waals surface area contributed by atoms with Gasteiger partial charge in [0, 0.05) is 19.7 Å². The van der Waals surface area contributed by atoms with Crippen LogP contribution in [0.25, 0.3) is 0 Å². The number of hydrogen-bond donors (Lipinski definition) is 1. The molecular weight excluding hydrogens is 300 g/mol. The van der Waals surface area contributed by atoms with Crippen molar-refractivity contribution in [3.63, 3.8) is 0 Å². The molecule has 1 N–H and O–H groups in total. The summed E-state index contributed by atoms with van der Waals surface area (Å²) in [4.78, 5) is 13.0. The van der Waals surface area contributed by atoms with Crippen LogP contribution >= 0.6 is 0 Å². The number of aliphatic hydroxyl groups is 1. The predicted molar refractivity (Wildman–Crippen MR) is 85.8 cm³/mol. The minimum atomic E-state index is -1.53. The number of aliphatic hydroxyl groups excluding tert-OH is 1. The number of nitrogens with zero attached hydrogens (tertiary/aromatic N) is 1. The fourth-order valence-corrected chi connectivity index (χ4v) is 2.27. The number of halogens is 1. The molecule has 1 saturated heterocycles. The molecule has 5 nitrogen and oxygen atoms in total. The molecule has 1 amide bonds. The largest absolute Gasteiger partial charge is 0.494 e. The van der Waals surface area contributed by atoms with Gasteiger partial charge < -0.3 is 19.3 Å². The monoisotopic (exact) mass is 323 g/mol. The van der Waals surface area contributed by atoms with Gasteiger partial charge in [0.15, 0.2) is 6.10 Å². The van der Waals surface area contributed by atoms with E-state index in [1.807, 2.05) is 27.7 Å². The molecule has 1 aromatic rings. The summed E-state index contributed by atoms with van der Waals surface area (Å²) in [6.45, 7) is 7.66. The number of carbonyl (C=O) groups is 1. The Morgan fingerprint density at radius 1 is 1.22 bits per heavy atom. The van der Waals surface area contributed by atoms with Crippen molar-refractivity contribution < 1.29 is 23.6 Å². The Bertz CT molecular complexity index is 602. The molecule has 1 unspecified atom stereocenters. The van der Waals surface area contributed by atoms with Gasteiger partial charge in [-0.15, -0.1) is 0 Å². The third-order valence-corrected chi connectivity index (χ3v) is 4.52. The highest BCUT2D eigenvalue weighted by molar-refractivity contribution is 6.62. The Labute approximate surface area is 136 Å². The zero-order valence-electron chi connectivity index (χ0n) is 14.4. The topological polar surface area (TPSA) is 59.0 Å². The lowest BCUT2D eigenvalue weighted by Crippen LogP contribution is -2.41. The highest BCUT2D eigenvalue weighted by atomic mass is 19.1. The highest BCUT2D eigenvalue weighted by Gasteiger charge is 2.51. The lowest BCUT2D eigenvalue weighted by Gasteiger charge is -2.32. The van der Waals surface area contributed by atoms with E-state index < -0.39 is 36.1 Å². The fourth-order valence-electron chi connectivity index (χ4n) is 2.27. The molecule has 2 rings (SSSR count). The molecule has 126 valence electrons. The average molecular weight is 323 g/mol. The molecule has 23 heavy (non-hydrogen) atoms. The quantitative estimate of drug-likeness (QED) is 0.851. The zero-order valence-corrected chi connectivity index (χ0v) is 14.4. The lowest BCUT2D eigenvalue weighted by atomic mass is 9.78. The van der Waals surface area contributed by atoms with E-state index in [1.165, 1.54) is 31.1 Å². The Balaban J connectivity index is 2.26. The van der Waals surface area contributed by atoms with Crippen molar-refractivity contribution in [2.45, 2.75) is 45.0 Å². The van der Waals surface area contributed by atoms with Crippen LogP contribution < -0.4 is 5.46 Å². The number of carbonyl (C=O) groups excluding carboxylic acids is 1. The molecule has 1 atom stereocenters. The highest BCUT2D eigenvalue weighted by Crippen LogP contribution is 2.36. The van der Waals surface area contributed by atoms with Gasteiger partial charge in [0.2, 0.25) is 0 Å². The first-order valence-corrected chi connectivity index (χ1v) is 7.50. The Kier molecular flexibility index (Phi) is 4.59. The van der Waals surface area contributed by atoms with Crippen molar-refractivity contribution in [3.05, 3.63) is 29.6 Å². The van der Waals surface area contributed by atoms with Crippen LogP contribution in [0, 0.1) is 5.82 Å². The maximum Gasteiger partial charge on any atom is 0.494 e. The number of benzene rings is 1. The van der Waals surface area contributed by atoms with Crippen LogP contribution in [0.2, 0.25) is 0 Å². The first kappa shape index (κ1) is 17.9. The van der Waals surface area contributed by atoms with E-state index in [-0.39, 0.29) is 5.56 Å². The Hall–Kier alpha value is -1.44. The first-order chi connectivity index (χ1) is 10.5. The van der Waals surface area contributed by atoms with Gasteiger partial charge in [0.25, 0.3) is 5.91 Å². The molecule has 1 aromatic carbocycles. The minimum Gasteiger partial charge on any atom is -0.399 e. The van der Waals surface area contributed by atoms with E-state index >= 15 is 0 Å². The van der Waals surface area contributed by atoms with Crippen LogP contribution in [-0.2, 0) is 14.1 Å². The number of rotatable bonds is 3. The Morgan fingerprint density at radius 3 is 2.17 bits per heavy atom. The maximum atomic E-state index is 14.3. The van der Waals surface area contributed by atoms with Gasteiger partial charge in [-0.25, -0.2) is 4.39 Å². The molecule has 0 radical (unpaired) electrons. The molecule has 1 aliphatic rings. The van der Waals surface area contributed by atoms with Gasteiger partial charge in [-0.1, -0.05) is 12.1 Å². The van der Waals surface area contributed by atoms with Crippen LogP contribution in [0.15, 0.2) is 18.2 Å². The molecule has 0 spiro atoms. The van der Waals surface area contributed by atoms with Crippen LogP contribution in [-0.4, -0.2) is 48.3 Å². The van der Waals surface area contributed by atoms with Crippen LogP contribution in [0.1, 0.15) is 39.4 Å². The van der Waals surface area contributed by atoms with Gasteiger partial charge in [-0.2, -0.15) is 0 Å². The summed E-state index contributed by atoms with van der Waals surface area (Å²) < 4.78 is 26.1. The van der Waals surface area contributed by atoms with Gasteiger partial charge in [0.05, 0.1) is 11.2 Å². The van der Waals surface area contributed by atoms with Gasteiger partial charge in [-0.3, -0.25) is 4.79 Å². The summed E-state index contributed by atoms with van der Waals surface area (Å²) >= 11 is 0. The Morgan fingerprint density at radius 2 is 1.74 bits per heavy atom. The minimum absolute atomic E-state index is 0.0658. The number of hydrogen-bond acceptors (Lipinski definition) is 4. The van der Waals surface area contributed by atoms with Gasteiger partial charge in [0.1, 0.15) is 5.82 Å². The van der Waals surface area contributed by atoms with E-state index in [1.54, 1.807) is 6.07 Å². The van der Waals surface area contributed by atoms with E-state index in [2.05, 4.69) is 0 Å². The predicted octanol–water partition coefficient (Wildman–Crippen LogP) is 1.25. The summed E-state index contributed by atoms with van der Waals surface area (Å²) in [7, 11) is 2.31. The van der Waals surface area contributed by atoms with Crippen LogP contribution in [0.3, 0.4) is 0 Å². The normalized spacial score (nSPS) is 20.4. The standard InChI is InChI=1S/C16H23BFNO4/c1-15(2)16(3,4)23-17(22-15)10-7-8-11(12(18)9-10)13(20)14(21)19(5)6/h7-9,13,20H,1-6H3. The molecular formula is C16H23BFNO4. The second-order valence-corrected chi connectivity index (χ2v) is 7.00. The van der Waals surface area contributed by atoms with Crippen molar-refractivity contribution in [3.8, 4) is 0 Å². The third-order valence-electron chi connectivity index (χ3n) is 4.52. The summed E-state index contributed by atoms with van der Waals surface area (Å²) in [6, 6.07) is 4.23. The molecule has 0 aromatic heterocycles. The first-order valence-electron chi connectivity index (χ1n) is 7.50. The van der Waals surface area contributed by atoms with Crippen LogP contribution in [0.5, 0.6) is 0 Å². The SMILES string of the molecule is CN(C)C(=O)C(O)c1ccc(B2OC(C)(C)C(C)(C)O2)cc1F. The number of amides is 1. The molecule has 1 heterocycles. The summed E-state index contributed by atoms with van der Waals surface area (Å²) in [6.07, 6.45) is -1.53. The van der Waals surface area contributed by atoms with E-state index in [9.17, 15) is 14.3 Å². The van der Waals surface area contributed by atoms with Crippen molar-refractivity contribution in [1.29, 1.82) is 0 Å².